The maximum absolute atomic E-state index is 13.0. The van der Waals surface area contributed by atoms with Crippen LogP contribution in [-0.2, 0) is 9.84 Å². The zero-order valence-electron chi connectivity index (χ0n) is 15.0. The second-order valence-electron chi connectivity index (χ2n) is 6.18. The molecule has 0 aromatic heterocycles. The number of aryl methyl sites for hydroxylation is 1. The average molecular weight is 616 g/mol. The van der Waals surface area contributed by atoms with Crippen LogP contribution in [0.5, 0.6) is 0 Å². The van der Waals surface area contributed by atoms with Gasteiger partial charge in [0.15, 0.2) is 0 Å². The standard InChI is InChI=1S/C20H24Br2O2STe/c1-3-4-6-11-20(26(21,22)19-9-7-5-8-10-19)16-25(23,24)18-14-12-17(2)13-15-18/h5,7-10,12-16H,3-4,6,11H2,1-2H3/b20-16+. The quantitative estimate of drug-likeness (QED) is 0.273. The molecule has 0 radical (unpaired) electrons. The summed E-state index contributed by atoms with van der Waals surface area (Å²) in [6.45, 7) is 4.11. The average Bonchev–Trinajstić information content (AvgIpc) is 2.62. The molecule has 142 valence electrons. The Morgan fingerprint density at radius 1 is 1.00 bits per heavy atom. The first-order valence-electron chi connectivity index (χ1n) is 8.57. The van der Waals surface area contributed by atoms with Crippen LogP contribution < -0.4 is 3.61 Å². The molecule has 0 atom stereocenters. The van der Waals surface area contributed by atoms with Crippen LogP contribution in [0.15, 0.2) is 68.5 Å². The zero-order valence-corrected chi connectivity index (χ0v) is 21.3. The minimum absolute atomic E-state index is 0.350. The van der Waals surface area contributed by atoms with Gasteiger partial charge >= 0.3 is 175 Å². The van der Waals surface area contributed by atoms with E-state index < -0.39 is 23.6 Å². The predicted molar refractivity (Wildman–Crippen MR) is 120 cm³/mol. The Labute approximate surface area is 173 Å². The van der Waals surface area contributed by atoms with Crippen LogP contribution in [0, 0.1) is 6.92 Å². The summed E-state index contributed by atoms with van der Waals surface area (Å²) in [6.07, 6.45) is 3.97. The molecule has 2 nitrogen and oxygen atoms in total. The molecule has 2 aromatic rings. The number of hydrogen-bond acceptors (Lipinski definition) is 2. The Balaban J connectivity index is 2.46. The van der Waals surface area contributed by atoms with Gasteiger partial charge in [0.2, 0.25) is 0 Å². The number of allylic oxidation sites excluding steroid dienone is 1. The Morgan fingerprint density at radius 2 is 1.62 bits per heavy atom. The van der Waals surface area contributed by atoms with E-state index in [1.54, 1.807) is 12.1 Å². The summed E-state index contributed by atoms with van der Waals surface area (Å²) in [6, 6.07) is 17.2. The van der Waals surface area contributed by atoms with Gasteiger partial charge in [-0.2, -0.15) is 0 Å². The fraction of sp³-hybridized carbons (Fsp3) is 0.300. The third-order valence-corrected chi connectivity index (χ3v) is 21.9. The number of rotatable bonds is 8. The Hall–Kier alpha value is -0.120. The fourth-order valence-electron chi connectivity index (χ4n) is 2.51. The van der Waals surface area contributed by atoms with Crippen LogP contribution in [0.1, 0.15) is 38.2 Å². The topological polar surface area (TPSA) is 34.1 Å². The zero-order chi connectivity index (χ0) is 19.2. The van der Waals surface area contributed by atoms with Crippen molar-refractivity contribution >= 4 is 52.7 Å². The SMILES string of the molecule is CCCCC/C(=C\S(=O)(=O)c1ccc(C)cc1)[Te](Br)(Br)c1ccccc1. The second-order valence-corrected chi connectivity index (χ2v) is 32.4. The van der Waals surface area contributed by atoms with Gasteiger partial charge in [0.25, 0.3) is 0 Å². The molecular formula is C20H24Br2O2STe. The van der Waals surface area contributed by atoms with Crippen molar-refractivity contribution in [3.8, 4) is 0 Å². The first-order valence-corrected chi connectivity index (χ1v) is 22.9. The van der Waals surface area contributed by atoms with E-state index in [1.165, 1.54) is 5.41 Å². The summed E-state index contributed by atoms with van der Waals surface area (Å²) in [7, 11) is -3.48. The Morgan fingerprint density at radius 3 is 2.19 bits per heavy atom. The van der Waals surface area contributed by atoms with E-state index in [0.717, 1.165) is 38.5 Å². The molecule has 0 heterocycles. The minimum atomic E-state index is -3.48. The first-order chi connectivity index (χ1) is 12.3. The van der Waals surface area contributed by atoms with Gasteiger partial charge in [-0.3, -0.25) is 0 Å². The van der Waals surface area contributed by atoms with E-state index >= 15 is 0 Å². The van der Waals surface area contributed by atoms with Gasteiger partial charge < -0.3 is 0 Å². The van der Waals surface area contributed by atoms with Gasteiger partial charge in [0, 0.05) is 0 Å². The molecule has 0 spiro atoms. The van der Waals surface area contributed by atoms with E-state index in [-0.39, 0.29) is 0 Å². The molecule has 0 aliphatic rings. The maximum atomic E-state index is 13.0. The van der Waals surface area contributed by atoms with Crippen molar-refractivity contribution in [3.63, 3.8) is 0 Å². The fourth-order valence-corrected chi connectivity index (χ4v) is 17.4. The molecule has 26 heavy (non-hydrogen) atoms. The van der Waals surface area contributed by atoms with Gasteiger partial charge in [-0.25, -0.2) is 0 Å². The predicted octanol–water partition coefficient (Wildman–Crippen LogP) is 5.91. The number of benzene rings is 2. The molecule has 0 bridgehead atoms. The molecule has 0 fully saturated rings. The number of sulfone groups is 1. The molecule has 6 heteroatoms. The molecule has 0 aliphatic carbocycles. The van der Waals surface area contributed by atoms with Gasteiger partial charge in [-0.15, -0.1) is 0 Å². The van der Waals surface area contributed by atoms with E-state index in [1.807, 2.05) is 37.3 Å². The third kappa shape index (κ3) is 5.94. The van der Waals surface area contributed by atoms with Crippen LogP contribution >= 0.6 is 25.5 Å². The van der Waals surface area contributed by atoms with Crippen molar-refractivity contribution in [2.24, 2.45) is 0 Å². The van der Waals surface area contributed by atoms with Crippen LogP contribution in [0.2, 0.25) is 0 Å². The molecule has 0 aliphatic heterocycles. The van der Waals surface area contributed by atoms with Crippen molar-refractivity contribution in [1.82, 2.24) is 0 Å². The van der Waals surface area contributed by atoms with E-state index in [2.05, 4.69) is 44.6 Å². The van der Waals surface area contributed by atoms with Crippen molar-refractivity contribution in [3.05, 3.63) is 69.2 Å². The molecule has 0 amide bonds. The summed E-state index contributed by atoms with van der Waals surface area (Å²) >= 11 is 4.81. The van der Waals surface area contributed by atoms with Gasteiger partial charge in [0.1, 0.15) is 0 Å². The van der Waals surface area contributed by atoms with E-state index in [4.69, 9.17) is 0 Å². The molecular weight excluding hydrogens is 592 g/mol. The number of halogens is 2. The second kappa shape index (κ2) is 9.89. The van der Waals surface area contributed by atoms with Crippen molar-refractivity contribution in [2.75, 3.05) is 0 Å². The summed E-state index contributed by atoms with van der Waals surface area (Å²) in [5.41, 5.74) is 1.05. The molecule has 0 unspecified atom stereocenters. The molecule has 2 rings (SSSR count). The van der Waals surface area contributed by atoms with Crippen molar-refractivity contribution in [2.45, 2.75) is 44.4 Å². The van der Waals surface area contributed by atoms with Crippen molar-refractivity contribution in [1.29, 1.82) is 0 Å². The molecule has 2 aromatic carbocycles. The van der Waals surface area contributed by atoms with E-state index in [9.17, 15) is 8.42 Å². The third-order valence-electron chi connectivity index (χ3n) is 4.03. The Kier molecular flexibility index (Phi) is 8.43. The summed E-state index contributed by atoms with van der Waals surface area (Å²) < 4.78 is 28.1. The summed E-state index contributed by atoms with van der Waals surface area (Å²) in [5, 5.41) is 1.50. The van der Waals surface area contributed by atoms with Crippen LogP contribution in [0.25, 0.3) is 0 Å². The molecule has 0 saturated carbocycles. The van der Waals surface area contributed by atoms with E-state index in [0.29, 0.717) is 4.90 Å². The van der Waals surface area contributed by atoms with Crippen molar-refractivity contribution < 1.29 is 8.42 Å². The van der Waals surface area contributed by atoms with Gasteiger partial charge in [0.05, 0.1) is 0 Å². The molecule has 0 saturated heterocycles. The Bertz CT molecular complexity index is 845. The number of hydrogen-bond donors (Lipinski definition) is 0. The summed E-state index contributed by atoms with van der Waals surface area (Å²) in [4.78, 5) is 0.350. The van der Waals surface area contributed by atoms with Gasteiger partial charge in [-0.05, 0) is 0 Å². The van der Waals surface area contributed by atoms with Crippen LogP contribution in [-0.4, -0.2) is 22.2 Å². The monoisotopic (exact) mass is 616 g/mol. The first kappa shape index (κ1) is 22.2. The molecule has 0 N–H and O–H groups in total. The van der Waals surface area contributed by atoms with Crippen LogP contribution in [0.3, 0.4) is 0 Å². The van der Waals surface area contributed by atoms with Crippen LogP contribution in [0.4, 0.5) is 0 Å². The normalized spacial score (nSPS) is 13.6. The summed E-state index contributed by atoms with van der Waals surface area (Å²) in [5.74, 6) is 0. The number of unbranched alkanes of at least 4 members (excludes halogenated alkanes) is 2. The van der Waals surface area contributed by atoms with Gasteiger partial charge in [-0.1, -0.05) is 0 Å².